The van der Waals surface area contributed by atoms with Crippen molar-refractivity contribution in [2.24, 2.45) is 0 Å². The zero-order chi connectivity index (χ0) is 18.5. The lowest BCUT2D eigenvalue weighted by Gasteiger charge is -2.10. The van der Waals surface area contributed by atoms with Crippen LogP contribution in [0.15, 0.2) is 48.9 Å². The number of aromatic nitrogens is 3. The van der Waals surface area contributed by atoms with Gasteiger partial charge in [0, 0.05) is 12.7 Å². The third-order valence-corrected chi connectivity index (χ3v) is 3.54. The molecular weight excluding hydrogens is 339 g/mol. The Morgan fingerprint density at radius 2 is 1.85 bits per heavy atom. The molecule has 2 aromatic heterocycles. The molecule has 2 N–H and O–H groups in total. The summed E-state index contributed by atoms with van der Waals surface area (Å²) in [5, 5.41) is 17.3. The predicted octanol–water partition coefficient (Wildman–Crippen LogP) is 3.58. The van der Waals surface area contributed by atoms with E-state index in [1.165, 1.54) is 18.5 Å². The number of nitro groups is 1. The minimum atomic E-state index is -0.564. The summed E-state index contributed by atoms with van der Waals surface area (Å²) in [7, 11) is 0. The van der Waals surface area contributed by atoms with Crippen molar-refractivity contribution in [3.05, 3.63) is 76.0 Å². The van der Waals surface area contributed by atoms with Crippen LogP contribution in [0.1, 0.15) is 11.1 Å². The highest BCUT2D eigenvalue weighted by Gasteiger charge is 2.23. The molecule has 9 heteroatoms. The van der Waals surface area contributed by atoms with Crippen molar-refractivity contribution in [3.63, 3.8) is 0 Å². The average Bonchev–Trinajstić information content (AvgIpc) is 2.61. The molecule has 0 unspecified atom stereocenters. The predicted molar refractivity (Wildman–Crippen MR) is 94.7 cm³/mol. The topological polar surface area (TPSA) is 106 Å². The highest BCUT2D eigenvalue weighted by molar-refractivity contribution is 5.72. The first-order valence-corrected chi connectivity index (χ1v) is 7.70. The van der Waals surface area contributed by atoms with Crippen LogP contribution in [-0.2, 0) is 6.54 Å². The summed E-state index contributed by atoms with van der Waals surface area (Å²) >= 11 is 0. The first kappa shape index (κ1) is 17.2. The van der Waals surface area contributed by atoms with E-state index in [0.717, 1.165) is 11.1 Å². The summed E-state index contributed by atoms with van der Waals surface area (Å²) in [6.07, 6.45) is 2.82. The first-order valence-electron chi connectivity index (χ1n) is 7.70. The number of benzene rings is 1. The molecule has 3 aromatic rings. The largest absolute Gasteiger partial charge is 0.360 e. The maximum Gasteiger partial charge on any atom is 0.353 e. The molecule has 0 aliphatic rings. The molecule has 0 saturated carbocycles. The van der Waals surface area contributed by atoms with Gasteiger partial charge >= 0.3 is 5.69 Å². The van der Waals surface area contributed by atoms with Gasteiger partial charge in [-0.15, -0.1) is 0 Å². The zero-order valence-electron chi connectivity index (χ0n) is 13.8. The second-order valence-corrected chi connectivity index (χ2v) is 5.50. The maximum atomic E-state index is 13.0. The zero-order valence-corrected chi connectivity index (χ0v) is 13.8. The van der Waals surface area contributed by atoms with E-state index in [0.29, 0.717) is 5.82 Å². The first-order chi connectivity index (χ1) is 12.5. The Labute approximate surface area is 148 Å². The minimum absolute atomic E-state index is 0.0321. The van der Waals surface area contributed by atoms with Crippen LogP contribution in [0.5, 0.6) is 0 Å². The van der Waals surface area contributed by atoms with Gasteiger partial charge in [-0.1, -0.05) is 12.1 Å². The van der Waals surface area contributed by atoms with Crippen LogP contribution in [0, 0.1) is 22.9 Å². The highest BCUT2D eigenvalue weighted by atomic mass is 19.1. The standard InChI is InChI=1S/C17H15FN6O2/c1-11-6-7-19-14(8-11)23-17-15(24(25)26)16(21-10-22-17)20-9-12-2-4-13(18)5-3-12/h2-8,10H,9H2,1H3,(H2,19,20,21,22,23). The van der Waals surface area contributed by atoms with Crippen molar-refractivity contribution in [1.29, 1.82) is 0 Å². The monoisotopic (exact) mass is 354 g/mol. The summed E-state index contributed by atoms with van der Waals surface area (Å²) in [6, 6.07) is 9.38. The Bertz CT molecular complexity index is 933. The van der Waals surface area contributed by atoms with Gasteiger partial charge in [0.15, 0.2) is 0 Å². The number of hydrogen-bond donors (Lipinski definition) is 2. The van der Waals surface area contributed by atoms with Gasteiger partial charge < -0.3 is 10.6 Å². The molecule has 1 aromatic carbocycles. The molecule has 0 radical (unpaired) electrons. The van der Waals surface area contributed by atoms with Gasteiger partial charge in [-0.05, 0) is 42.3 Å². The Hall–Kier alpha value is -3.62. The normalized spacial score (nSPS) is 10.4. The fourth-order valence-corrected chi connectivity index (χ4v) is 2.29. The molecule has 0 fully saturated rings. The highest BCUT2D eigenvalue weighted by Crippen LogP contribution is 2.31. The quantitative estimate of drug-likeness (QED) is 0.515. The molecular formula is C17H15FN6O2. The van der Waals surface area contributed by atoms with Gasteiger partial charge in [-0.3, -0.25) is 10.1 Å². The van der Waals surface area contributed by atoms with Gasteiger partial charge in [-0.2, -0.15) is 0 Å². The fraction of sp³-hybridized carbons (Fsp3) is 0.118. The van der Waals surface area contributed by atoms with Crippen LogP contribution in [0.3, 0.4) is 0 Å². The molecule has 0 spiro atoms. The number of nitrogens with one attached hydrogen (secondary N) is 2. The average molecular weight is 354 g/mol. The summed E-state index contributed by atoms with van der Waals surface area (Å²) in [5.74, 6) is 0.185. The van der Waals surface area contributed by atoms with E-state index in [4.69, 9.17) is 0 Å². The van der Waals surface area contributed by atoms with Crippen molar-refractivity contribution in [2.45, 2.75) is 13.5 Å². The Morgan fingerprint density at radius 1 is 1.12 bits per heavy atom. The maximum absolute atomic E-state index is 13.0. The molecule has 0 aliphatic heterocycles. The molecule has 8 nitrogen and oxygen atoms in total. The van der Waals surface area contributed by atoms with E-state index >= 15 is 0 Å². The minimum Gasteiger partial charge on any atom is -0.360 e. The summed E-state index contributed by atoms with van der Waals surface area (Å²) in [4.78, 5) is 23.0. The van der Waals surface area contributed by atoms with Gasteiger partial charge in [0.1, 0.15) is 18.0 Å². The van der Waals surface area contributed by atoms with Gasteiger partial charge in [0.05, 0.1) is 4.92 Å². The van der Waals surface area contributed by atoms with E-state index in [-0.39, 0.29) is 29.7 Å². The molecule has 0 atom stereocenters. The van der Waals surface area contributed by atoms with Crippen LogP contribution in [0.4, 0.5) is 27.5 Å². The third-order valence-electron chi connectivity index (χ3n) is 3.54. The van der Waals surface area contributed by atoms with E-state index in [9.17, 15) is 14.5 Å². The lowest BCUT2D eigenvalue weighted by atomic mass is 10.2. The second kappa shape index (κ2) is 7.51. The summed E-state index contributed by atoms with van der Waals surface area (Å²) in [6.45, 7) is 2.14. The van der Waals surface area contributed by atoms with Gasteiger partial charge in [-0.25, -0.2) is 19.3 Å². The lowest BCUT2D eigenvalue weighted by Crippen LogP contribution is -2.08. The van der Waals surface area contributed by atoms with Crippen molar-refractivity contribution in [2.75, 3.05) is 10.6 Å². The molecule has 0 bridgehead atoms. The van der Waals surface area contributed by atoms with Gasteiger partial charge in [0.2, 0.25) is 11.6 Å². The molecule has 0 saturated heterocycles. The van der Waals surface area contributed by atoms with Crippen LogP contribution in [0.2, 0.25) is 0 Å². The summed E-state index contributed by atoms with van der Waals surface area (Å²) in [5.41, 5.74) is 1.42. The molecule has 2 heterocycles. The van der Waals surface area contributed by atoms with Crippen molar-refractivity contribution in [3.8, 4) is 0 Å². The van der Waals surface area contributed by atoms with Crippen LogP contribution in [0.25, 0.3) is 0 Å². The van der Waals surface area contributed by atoms with Crippen LogP contribution in [-0.4, -0.2) is 19.9 Å². The number of halogens is 1. The van der Waals surface area contributed by atoms with Crippen molar-refractivity contribution in [1.82, 2.24) is 15.0 Å². The summed E-state index contributed by atoms with van der Waals surface area (Å²) < 4.78 is 13.0. The SMILES string of the molecule is Cc1ccnc(Nc2ncnc(NCc3ccc(F)cc3)c2[N+](=O)[O-])c1. The van der Waals surface area contributed by atoms with Crippen molar-refractivity contribution >= 4 is 23.1 Å². The Morgan fingerprint density at radius 3 is 2.54 bits per heavy atom. The fourth-order valence-electron chi connectivity index (χ4n) is 2.29. The number of rotatable bonds is 6. The lowest BCUT2D eigenvalue weighted by molar-refractivity contribution is -0.383. The van der Waals surface area contributed by atoms with Crippen LogP contribution < -0.4 is 10.6 Å². The molecule has 0 aliphatic carbocycles. The van der Waals surface area contributed by atoms with Crippen LogP contribution >= 0.6 is 0 Å². The van der Waals surface area contributed by atoms with E-state index in [1.54, 1.807) is 24.4 Å². The van der Waals surface area contributed by atoms with Crippen molar-refractivity contribution < 1.29 is 9.31 Å². The molecule has 0 amide bonds. The number of anilines is 3. The molecule has 132 valence electrons. The van der Waals surface area contributed by atoms with E-state index in [2.05, 4.69) is 25.6 Å². The number of aryl methyl sites for hydroxylation is 1. The Kier molecular flexibility index (Phi) is 4.97. The number of nitrogens with zero attached hydrogens (tertiary/aromatic N) is 4. The third kappa shape index (κ3) is 4.07. The van der Waals surface area contributed by atoms with Gasteiger partial charge in [0.25, 0.3) is 0 Å². The molecule has 26 heavy (non-hydrogen) atoms. The van der Waals surface area contributed by atoms with E-state index in [1.807, 2.05) is 13.0 Å². The molecule has 3 rings (SSSR count). The number of hydrogen-bond acceptors (Lipinski definition) is 7. The second-order valence-electron chi connectivity index (χ2n) is 5.50. The Balaban J connectivity index is 1.85. The van der Waals surface area contributed by atoms with E-state index < -0.39 is 4.92 Å². The smallest absolute Gasteiger partial charge is 0.353 e. The number of pyridine rings is 1.